The zero-order chi connectivity index (χ0) is 13.4. The first-order valence-corrected chi connectivity index (χ1v) is 6.20. The molecule has 0 aliphatic rings. The Morgan fingerprint density at radius 3 is 2.50 bits per heavy atom. The summed E-state index contributed by atoms with van der Waals surface area (Å²) in [6, 6.07) is 3.00. The first-order valence-electron chi connectivity index (χ1n) is 6.20. The van der Waals surface area contributed by atoms with Gasteiger partial charge < -0.3 is 0 Å². The molecule has 0 saturated heterocycles. The summed E-state index contributed by atoms with van der Waals surface area (Å²) in [6.45, 7) is 7.80. The standard InChI is InChI=1S/C14H18N2O2/c1-8(2)13-12(14(18)9(3)4)11-7-10(17)5-6-16(11)15-13/h5-9,15H,1-4H3. The van der Waals surface area contributed by atoms with Gasteiger partial charge in [0.05, 0.1) is 11.1 Å². The van der Waals surface area contributed by atoms with E-state index in [2.05, 4.69) is 5.10 Å². The highest BCUT2D eigenvalue weighted by Crippen LogP contribution is 2.24. The van der Waals surface area contributed by atoms with E-state index in [1.165, 1.54) is 12.1 Å². The normalized spacial score (nSPS) is 11.7. The summed E-state index contributed by atoms with van der Waals surface area (Å²) >= 11 is 0. The van der Waals surface area contributed by atoms with Crippen molar-refractivity contribution in [3.63, 3.8) is 0 Å². The molecule has 0 unspecified atom stereocenters. The summed E-state index contributed by atoms with van der Waals surface area (Å²) in [5, 5.41) is 3.18. The molecular formula is C14H18N2O2. The van der Waals surface area contributed by atoms with Crippen LogP contribution in [0.5, 0.6) is 0 Å². The number of Topliss-reactive ketones (excluding diaryl/α,β-unsaturated/α-hetero) is 1. The van der Waals surface area contributed by atoms with Gasteiger partial charge in [-0.2, -0.15) is 0 Å². The minimum absolute atomic E-state index is 0.0723. The lowest BCUT2D eigenvalue weighted by Gasteiger charge is -2.07. The number of hydrogen-bond acceptors (Lipinski definition) is 2. The first kappa shape index (κ1) is 12.6. The van der Waals surface area contributed by atoms with Crippen molar-refractivity contribution < 1.29 is 4.79 Å². The van der Waals surface area contributed by atoms with Crippen molar-refractivity contribution >= 4 is 11.3 Å². The molecule has 18 heavy (non-hydrogen) atoms. The second-order valence-electron chi connectivity index (χ2n) is 5.19. The molecule has 0 bridgehead atoms. The van der Waals surface area contributed by atoms with E-state index in [9.17, 15) is 9.59 Å². The molecule has 0 atom stereocenters. The Morgan fingerprint density at radius 1 is 1.28 bits per heavy atom. The summed E-state index contributed by atoms with van der Waals surface area (Å²) < 4.78 is 1.74. The number of rotatable bonds is 3. The number of nitrogens with zero attached hydrogens (tertiary/aromatic N) is 1. The minimum atomic E-state index is -0.0857. The number of carbonyl (C=O) groups is 1. The van der Waals surface area contributed by atoms with Crippen LogP contribution in [0.2, 0.25) is 0 Å². The molecule has 4 heteroatoms. The Morgan fingerprint density at radius 2 is 1.94 bits per heavy atom. The first-order chi connectivity index (χ1) is 8.41. The number of fused-ring (bicyclic) bond motifs is 1. The summed E-state index contributed by atoms with van der Waals surface area (Å²) in [4.78, 5) is 23.8. The third-order valence-electron chi connectivity index (χ3n) is 3.04. The summed E-state index contributed by atoms with van der Waals surface area (Å²) in [6.07, 6.45) is 1.67. The van der Waals surface area contributed by atoms with Crippen LogP contribution in [0, 0.1) is 5.92 Å². The van der Waals surface area contributed by atoms with Crippen LogP contribution < -0.4 is 5.43 Å². The highest BCUT2D eigenvalue weighted by atomic mass is 16.1. The maximum Gasteiger partial charge on any atom is 0.182 e. The van der Waals surface area contributed by atoms with E-state index in [1.54, 1.807) is 10.7 Å². The molecule has 2 aromatic rings. The fourth-order valence-electron chi connectivity index (χ4n) is 2.06. The number of hydrogen-bond donors (Lipinski definition) is 1. The van der Waals surface area contributed by atoms with Gasteiger partial charge >= 0.3 is 0 Å². The van der Waals surface area contributed by atoms with Crippen LogP contribution in [0.4, 0.5) is 0 Å². The largest absolute Gasteiger partial charge is 0.297 e. The molecule has 96 valence electrons. The number of ketones is 1. The third-order valence-corrected chi connectivity index (χ3v) is 3.04. The Bertz CT molecular complexity index is 647. The molecule has 1 N–H and O–H groups in total. The van der Waals surface area contributed by atoms with Crippen LogP contribution >= 0.6 is 0 Å². The second kappa shape index (κ2) is 4.44. The zero-order valence-electron chi connectivity index (χ0n) is 11.2. The molecule has 4 nitrogen and oxygen atoms in total. The van der Waals surface area contributed by atoms with E-state index >= 15 is 0 Å². The fourth-order valence-corrected chi connectivity index (χ4v) is 2.06. The lowest BCUT2D eigenvalue weighted by molar-refractivity contribution is 0.0939. The average molecular weight is 246 g/mol. The predicted molar refractivity (Wildman–Crippen MR) is 71.3 cm³/mol. The van der Waals surface area contributed by atoms with Crippen molar-refractivity contribution in [2.45, 2.75) is 33.6 Å². The van der Waals surface area contributed by atoms with Crippen molar-refractivity contribution in [3.8, 4) is 0 Å². The van der Waals surface area contributed by atoms with Gasteiger partial charge in [0.25, 0.3) is 0 Å². The molecule has 0 spiro atoms. The second-order valence-corrected chi connectivity index (χ2v) is 5.19. The van der Waals surface area contributed by atoms with Crippen LogP contribution in [0.1, 0.15) is 49.7 Å². The van der Waals surface area contributed by atoms with E-state index in [1.807, 2.05) is 27.7 Å². The van der Waals surface area contributed by atoms with Gasteiger partial charge in [0.15, 0.2) is 11.2 Å². The number of nitrogens with one attached hydrogen (secondary N) is 1. The van der Waals surface area contributed by atoms with Crippen LogP contribution in [-0.2, 0) is 0 Å². The van der Waals surface area contributed by atoms with E-state index in [0.29, 0.717) is 11.1 Å². The summed E-state index contributed by atoms with van der Waals surface area (Å²) in [5.74, 6) is 0.193. The van der Waals surface area contributed by atoms with Crippen molar-refractivity contribution in [1.82, 2.24) is 9.61 Å². The van der Waals surface area contributed by atoms with Gasteiger partial charge in [0, 0.05) is 29.9 Å². The van der Waals surface area contributed by atoms with Gasteiger partial charge in [0.2, 0.25) is 0 Å². The Balaban J connectivity index is 2.80. The van der Waals surface area contributed by atoms with Crippen molar-refractivity contribution in [2.24, 2.45) is 5.92 Å². The predicted octanol–water partition coefficient (Wildman–Crippen LogP) is 2.59. The maximum atomic E-state index is 12.3. The molecule has 0 amide bonds. The monoisotopic (exact) mass is 246 g/mol. The molecule has 0 radical (unpaired) electrons. The topological polar surface area (TPSA) is 54.3 Å². The lowest BCUT2D eigenvalue weighted by atomic mass is 9.95. The summed E-state index contributed by atoms with van der Waals surface area (Å²) in [7, 11) is 0. The van der Waals surface area contributed by atoms with Crippen LogP contribution in [0.25, 0.3) is 5.52 Å². The average Bonchev–Trinajstić information content (AvgIpc) is 2.66. The Kier molecular flexibility index (Phi) is 3.11. The Labute approximate surface area is 106 Å². The van der Waals surface area contributed by atoms with E-state index in [-0.39, 0.29) is 23.0 Å². The van der Waals surface area contributed by atoms with Gasteiger partial charge in [0.1, 0.15) is 0 Å². The molecule has 0 fully saturated rings. The molecular weight excluding hydrogens is 228 g/mol. The van der Waals surface area contributed by atoms with Crippen LogP contribution in [0.15, 0.2) is 23.1 Å². The lowest BCUT2D eigenvalue weighted by Crippen LogP contribution is -2.11. The van der Waals surface area contributed by atoms with E-state index in [0.717, 1.165) is 5.69 Å². The number of aromatic amines is 1. The molecule has 0 saturated carbocycles. The molecule has 0 aliphatic carbocycles. The number of pyridine rings is 1. The quantitative estimate of drug-likeness (QED) is 0.846. The third kappa shape index (κ3) is 1.98. The summed E-state index contributed by atoms with van der Waals surface area (Å²) in [5.41, 5.74) is 2.13. The van der Waals surface area contributed by atoms with Gasteiger partial charge in [-0.3, -0.25) is 19.2 Å². The zero-order valence-corrected chi connectivity index (χ0v) is 11.2. The molecule has 2 aromatic heterocycles. The van der Waals surface area contributed by atoms with E-state index in [4.69, 9.17) is 0 Å². The fraction of sp³-hybridized carbons (Fsp3) is 0.429. The van der Waals surface area contributed by atoms with Gasteiger partial charge in [-0.05, 0) is 5.92 Å². The molecule has 2 rings (SSSR count). The highest BCUT2D eigenvalue weighted by molar-refractivity contribution is 6.04. The van der Waals surface area contributed by atoms with Gasteiger partial charge in [-0.1, -0.05) is 27.7 Å². The number of H-pyrrole nitrogens is 1. The van der Waals surface area contributed by atoms with Gasteiger partial charge in [-0.15, -0.1) is 0 Å². The van der Waals surface area contributed by atoms with Crippen molar-refractivity contribution in [1.29, 1.82) is 0 Å². The maximum absolute atomic E-state index is 12.3. The highest BCUT2D eigenvalue weighted by Gasteiger charge is 2.22. The number of aromatic nitrogens is 2. The van der Waals surface area contributed by atoms with Gasteiger partial charge in [-0.25, -0.2) is 0 Å². The molecule has 2 heterocycles. The SMILES string of the molecule is CC(C)C(=O)c1c(C(C)C)[nH]n2ccc(=O)cc12. The molecule has 0 aliphatic heterocycles. The smallest absolute Gasteiger partial charge is 0.182 e. The van der Waals surface area contributed by atoms with Crippen molar-refractivity contribution in [2.75, 3.05) is 0 Å². The van der Waals surface area contributed by atoms with Crippen LogP contribution in [-0.4, -0.2) is 15.4 Å². The van der Waals surface area contributed by atoms with Crippen molar-refractivity contribution in [3.05, 3.63) is 39.8 Å². The minimum Gasteiger partial charge on any atom is -0.297 e. The molecule has 0 aromatic carbocycles. The number of carbonyl (C=O) groups excluding carboxylic acids is 1. The van der Waals surface area contributed by atoms with E-state index < -0.39 is 0 Å². The Hall–Kier alpha value is -1.84. The van der Waals surface area contributed by atoms with Crippen LogP contribution in [0.3, 0.4) is 0 Å².